The molecule has 1 aliphatic heterocycles. The van der Waals surface area contributed by atoms with Gasteiger partial charge < -0.3 is 15.0 Å². The molecule has 1 N–H and O–H groups in total. The van der Waals surface area contributed by atoms with Crippen LogP contribution in [0.4, 0.5) is 5.13 Å². The van der Waals surface area contributed by atoms with E-state index in [2.05, 4.69) is 15.0 Å². The molecule has 0 radical (unpaired) electrons. The summed E-state index contributed by atoms with van der Waals surface area (Å²) >= 11 is 1.34. The van der Waals surface area contributed by atoms with Gasteiger partial charge in [0.1, 0.15) is 6.04 Å². The quantitative estimate of drug-likeness (QED) is 0.767. The van der Waals surface area contributed by atoms with Crippen LogP contribution < -0.4 is 10.2 Å². The lowest BCUT2D eigenvalue weighted by molar-refractivity contribution is -0.122. The smallest absolute Gasteiger partial charge is 0.357 e. The molecule has 0 spiro atoms. The minimum absolute atomic E-state index is 0.0222. The first-order valence-corrected chi connectivity index (χ1v) is 6.09. The fourth-order valence-corrected chi connectivity index (χ4v) is 2.54. The van der Waals surface area contributed by atoms with E-state index >= 15 is 0 Å². The minimum Gasteiger partial charge on any atom is -0.464 e. The van der Waals surface area contributed by atoms with E-state index in [1.54, 1.807) is 5.38 Å². The third-order valence-electron chi connectivity index (χ3n) is 2.63. The molecular weight excluding hydrogens is 242 g/mol. The Bertz CT molecular complexity index is 446. The van der Waals surface area contributed by atoms with Gasteiger partial charge in [0.15, 0.2) is 10.8 Å². The number of thiazole rings is 1. The Kier molecular flexibility index (Phi) is 3.28. The molecule has 0 saturated carbocycles. The summed E-state index contributed by atoms with van der Waals surface area (Å²) in [5.41, 5.74) is 0.283. The number of rotatable bonds is 2. The highest BCUT2D eigenvalue weighted by Crippen LogP contribution is 2.23. The third kappa shape index (κ3) is 2.23. The first-order valence-electron chi connectivity index (χ1n) is 5.21. The van der Waals surface area contributed by atoms with E-state index < -0.39 is 5.97 Å². The van der Waals surface area contributed by atoms with Gasteiger partial charge in [-0.3, -0.25) is 4.79 Å². The molecule has 7 heteroatoms. The number of anilines is 1. The number of aromatic nitrogens is 1. The first kappa shape index (κ1) is 11.8. The molecule has 92 valence electrons. The molecule has 1 saturated heterocycles. The molecule has 1 unspecified atom stereocenters. The van der Waals surface area contributed by atoms with Crippen molar-refractivity contribution in [2.24, 2.45) is 0 Å². The molecule has 6 nitrogen and oxygen atoms in total. The van der Waals surface area contributed by atoms with Crippen molar-refractivity contribution in [3.05, 3.63) is 11.1 Å². The van der Waals surface area contributed by atoms with Crippen LogP contribution in [0.2, 0.25) is 0 Å². The SMILES string of the molecule is COC(=O)c1csc(N2CCNC(=O)C2C)n1. The topological polar surface area (TPSA) is 71.5 Å². The van der Waals surface area contributed by atoms with Gasteiger partial charge in [-0.05, 0) is 6.92 Å². The Morgan fingerprint density at radius 3 is 3.18 bits per heavy atom. The molecule has 2 rings (SSSR count). The summed E-state index contributed by atoms with van der Waals surface area (Å²) in [6.45, 7) is 3.10. The van der Waals surface area contributed by atoms with Gasteiger partial charge in [-0.25, -0.2) is 9.78 Å². The number of carbonyl (C=O) groups is 2. The molecule has 1 fully saturated rings. The lowest BCUT2D eigenvalue weighted by Gasteiger charge is -2.32. The lowest BCUT2D eigenvalue weighted by atomic mass is 10.2. The summed E-state index contributed by atoms with van der Waals surface area (Å²) in [7, 11) is 1.32. The largest absolute Gasteiger partial charge is 0.464 e. The monoisotopic (exact) mass is 255 g/mol. The van der Waals surface area contributed by atoms with Crippen molar-refractivity contribution in [1.29, 1.82) is 0 Å². The average molecular weight is 255 g/mol. The van der Waals surface area contributed by atoms with Gasteiger partial charge in [0.25, 0.3) is 0 Å². The summed E-state index contributed by atoms with van der Waals surface area (Å²) in [5.74, 6) is -0.479. The van der Waals surface area contributed by atoms with Gasteiger partial charge in [-0.1, -0.05) is 0 Å². The van der Waals surface area contributed by atoms with E-state index in [0.29, 0.717) is 18.2 Å². The zero-order valence-electron chi connectivity index (χ0n) is 9.60. The number of carbonyl (C=O) groups excluding carboxylic acids is 2. The van der Waals surface area contributed by atoms with Crippen LogP contribution in [0.5, 0.6) is 0 Å². The molecule has 0 bridgehead atoms. The number of nitrogens with one attached hydrogen (secondary N) is 1. The Morgan fingerprint density at radius 1 is 1.71 bits per heavy atom. The van der Waals surface area contributed by atoms with Crippen molar-refractivity contribution < 1.29 is 14.3 Å². The van der Waals surface area contributed by atoms with Crippen LogP contribution in [0.3, 0.4) is 0 Å². The van der Waals surface area contributed by atoms with E-state index in [-0.39, 0.29) is 17.6 Å². The number of hydrogen-bond donors (Lipinski definition) is 1. The van der Waals surface area contributed by atoms with Crippen molar-refractivity contribution in [2.75, 3.05) is 25.1 Å². The van der Waals surface area contributed by atoms with Gasteiger partial charge in [-0.2, -0.15) is 0 Å². The number of amides is 1. The minimum atomic E-state index is -0.457. The van der Waals surface area contributed by atoms with Crippen LogP contribution in [0.15, 0.2) is 5.38 Å². The summed E-state index contributed by atoms with van der Waals surface area (Å²) in [4.78, 5) is 28.9. The molecule has 0 aliphatic carbocycles. The predicted molar refractivity (Wildman–Crippen MR) is 63.3 cm³/mol. The molecule has 1 aliphatic rings. The molecule has 1 amide bonds. The van der Waals surface area contributed by atoms with Crippen LogP contribution in [0, 0.1) is 0 Å². The maximum atomic E-state index is 11.5. The predicted octanol–water partition coefficient (Wildman–Crippen LogP) is 0.254. The zero-order valence-corrected chi connectivity index (χ0v) is 10.4. The first-order chi connectivity index (χ1) is 8.13. The van der Waals surface area contributed by atoms with Gasteiger partial charge in [-0.15, -0.1) is 11.3 Å². The van der Waals surface area contributed by atoms with Crippen LogP contribution >= 0.6 is 11.3 Å². The number of hydrogen-bond acceptors (Lipinski definition) is 6. The second-order valence-electron chi connectivity index (χ2n) is 3.67. The normalized spacial score (nSPS) is 20.0. The van der Waals surface area contributed by atoms with Crippen LogP contribution in [-0.2, 0) is 9.53 Å². The maximum Gasteiger partial charge on any atom is 0.357 e. The van der Waals surface area contributed by atoms with Crippen molar-refractivity contribution in [3.8, 4) is 0 Å². The number of methoxy groups -OCH3 is 1. The number of ether oxygens (including phenoxy) is 1. The van der Waals surface area contributed by atoms with Gasteiger partial charge in [0.2, 0.25) is 5.91 Å². The fourth-order valence-electron chi connectivity index (χ4n) is 1.64. The second-order valence-corrected chi connectivity index (χ2v) is 4.50. The fraction of sp³-hybridized carbons (Fsp3) is 0.500. The van der Waals surface area contributed by atoms with E-state index in [1.165, 1.54) is 18.4 Å². The van der Waals surface area contributed by atoms with Crippen LogP contribution in [0.25, 0.3) is 0 Å². The Morgan fingerprint density at radius 2 is 2.47 bits per heavy atom. The molecular formula is C10H13N3O3S. The Balaban J connectivity index is 2.19. The Labute approximate surface area is 103 Å². The molecule has 1 aromatic heterocycles. The van der Waals surface area contributed by atoms with Crippen molar-refractivity contribution in [1.82, 2.24) is 10.3 Å². The summed E-state index contributed by atoms with van der Waals surface area (Å²) in [5, 5.41) is 5.09. The van der Waals surface area contributed by atoms with Crippen molar-refractivity contribution in [3.63, 3.8) is 0 Å². The zero-order chi connectivity index (χ0) is 12.4. The van der Waals surface area contributed by atoms with Crippen molar-refractivity contribution >= 4 is 28.3 Å². The molecule has 1 atom stereocenters. The standard InChI is InChI=1S/C10H13N3O3S/c1-6-8(14)11-3-4-13(6)10-12-7(5-17-10)9(15)16-2/h5-6H,3-4H2,1-2H3,(H,11,14). The molecule has 17 heavy (non-hydrogen) atoms. The summed E-state index contributed by atoms with van der Waals surface area (Å²) in [6.07, 6.45) is 0. The molecule has 1 aromatic rings. The van der Waals surface area contributed by atoms with E-state index in [0.717, 1.165) is 0 Å². The van der Waals surface area contributed by atoms with Gasteiger partial charge >= 0.3 is 5.97 Å². The molecule has 0 aromatic carbocycles. The number of piperazine rings is 1. The highest BCUT2D eigenvalue weighted by atomic mass is 32.1. The van der Waals surface area contributed by atoms with Crippen LogP contribution in [-0.4, -0.2) is 43.1 Å². The second kappa shape index (κ2) is 4.70. The number of esters is 1. The Hall–Kier alpha value is -1.63. The van der Waals surface area contributed by atoms with E-state index in [4.69, 9.17) is 0 Å². The average Bonchev–Trinajstić information content (AvgIpc) is 2.81. The van der Waals surface area contributed by atoms with Crippen molar-refractivity contribution in [2.45, 2.75) is 13.0 Å². The maximum absolute atomic E-state index is 11.5. The summed E-state index contributed by atoms with van der Waals surface area (Å²) in [6, 6.07) is -0.264. The highest BCUT2D eigenvalue weighted by Gasteiger charge is 2.28. The van der Waals surface area contributed by atoms with E-state index in [1.807, 2.05) is 11.8 Å². The number of nitrogens with zero attached hydrogens (tertiary/aromatic N) is 2. The van der Waals surface area contributed by atoms with Gasteiger partial charge in [0, 0.05) is 18.5 Å². The third-order valence-corrected chi connectivity index (χ3v) is 3.51. The molecule has 2 heterocycles. The highest BCUT2D eigenvalue weighted by molar-refractivity contribution is 7.14. The lowest BCUT2D eigenvalue weighted by Crippen LogP contribution is -2.54. The van der Waals surface area contributed by atoms with E-state index in [9.17, 15) is 9.59 Å². The van der Waals surface area contributed by atoms with Gasteiger partial charge in [0.05, 0.1) is 7.11 Å². The van der Waals surface area contributed by atoms with Crippen LogP contribution in [0.1, 0.15) is 17.4 Å². The summed E-state index contributed by atoms with van der Waals surface area (Å²) < 4.78 is 4.59.